The Labute approximate surface area is 284 Å². The molecule has 15 heteroatoms. The summed E-state index contributed by atoms with van der Waals surface area (Å²) < 4.78 is 32.6. The van der Waals surface area contributed by atoms with Crippen molar-refractivity contribution < 1.29 is 71.7 Å². The van der Waals surface area contributed by atoms with Gasteiger partial charge in [0, 0.05) is 25.3 Å². The third-order valence-corrected chi connectivity index (χ3v) is 8.08. The number of imide groups is 1. The minimum atomic E-state index is -4.38. The second-order valence-corrected chi connectivity index (χ2v) is 12.6. The van der Waals surface area contributed by atoms with Crippen molar-refractivity contribution in [3.05, 3.63) is 71.3 Å². The van der Waals surface area contributed by atoms with E-state index in [1.807, 2.05) is 13.8 Å². The van der Waals surface area contributed by atoms with Crippen LogP contribution in [-0.2, 0) is 30.9 Å². The molecule has 0 fully saturated rings. The molecular formula is C30H37N4NaO9S. The first-order valence-electron chi connectivity index (χ1n) is 14.3. The second-order valence-electron chi connectivity index (χ2n) is 11.1. The summed E-state index contributed by atoms with van der Waals surface area (Å²) in [6, 6.07) is 13.9. The van der Waals surface area contributed by atoms with Crippen LogP contribution in [-0.4, -0.2) is 77.5 Å². The van der Waals surface area contributed by atoms with Gasteiger partial charge in [-0.2, -0.15) is 0 Å². The Hall–Kier alpha value is -3.14. The molecule has 45 heavy (non-hydrogen) atoms. The van der Waals surface area contributed by atoms with E-state index < -0.39 is 69.8 Å². The van der Waals surface area contributed by atoms with Crippen molar-refractivity contribution in [1.29, 1.82) is 0 Å². The largest absolute Gasteiger partial charge is 1.00 e. The average molecular weight is 653 g/mol. The van der Waals surface area contributed by atoms with Crippen molar-refractivity contribution in [1.82, 2.24) is 21.0 Å². The fourth-order valence-corrected chi connectivity index (χ4v) is 5.67. The minimum absolute atomic E-state index is 0. The Morgan fingerprint density at radius 1 is 0.867 bits per heavy atom. The van der Waals surface area contributed by atoms with E-state index in [4.69, 9.17) is 0 Å². The molecular weight excluding hydrogens is 615 g/mol. The zero-order chi connectivity index (χ0) is 32.4. The molecule has 1 aliphatic rings. The van der Waals surface area contributed by atoms with Crippen LogP contribution in [0.25, 0.3) is 0 Å². The van der Waals surface area contributed by atoms with Crippen molar-refractivity contribution in [2.75, 3.05) is 18.8 Å². The van der Waals surface area contributed by atoms with Crippen molar-refractivity contribution in [3.8, 4) is 0 Å². The van der Waals surface area contributed by atoms with E-state index in [1.54, 1.807) is 47.9 Å². The van der Waals surface area contributed by atoms with Gasteiger partial charge in [-0.05, 0) is 42.9 Å². The van der Waals surface area contributed by atoms with Gasteiger partial charge < -0.3 is 15.2 Å². The molecule has 0 saturated carbocycles. The van der Waals surface area contributed by atoms with E-state index in [2.05, 4.69) is 10.6 Å². The Morgan fingerprint density at radius 3 is 1.98 bits per heavy atom. The SMILES string of the molecule is CC(C)C[C@@H](C(=O)N[C@@H](Cc1ccccc1)C(=O)NCCCCS(=O)(=O)[O-])C(CN1C(=O)c2ccccc2C1=O)C(=O)NO.[Na+]. The van der Waals surface area contributed by atoms with Gasteiger partial charge in [0.1, 0.15) is 6.04 Å². The number of hydrogen-bond acceptors (Lipinski definition) is 9. The molecule has 3 atom stereocenters. The maximum Gasteiger partial charge on any atom is 1.00 e. The number of hydroxylamine groups is 1. The summed E-state index contributed by atoms with van der Waals surface area (Å²) in [7, 11) is -4.38. The van der Waals surface area contributed by atoms with Crippen molar-refractivity contribution >= 4 is 39.7 Å². The van der Waals surface area contributed by atoms with E-state index in [1.165, 1.54) is 12.1 Å². The number of hydrogen-bond donors (Lipinski definition) is 4. The average Bonchev–Trinajstić information content (AvgIpc) is 3.22. The fraction of sp³-hybridized carbons (Fsp3) is 0.433. The topological polar surface area (TPSA) is 202 Å². The molecule has 0 radical (unpaired) electrons. The van der Waals surface area contributed by atoms with Crippen LogP contribution >= 0.6 is 0 Å². The van der Waals surface area contributed by atoms with Gasteiger partial charge >= 0.3 is 29.6 Å². The smallest absolute Gasteiger partial charge is 0.748 e. The predicted octanol–water partition coefficient (Wildman–Crippen LogP) is -1.76. The molecule has 0 aliphatic carbocycles. The molecule has 2 aromatic rings. The number of fused-ring (bicyclic) bond motifs is 1. The number of benzene rings is 2. The summed E-state index contributed by atoms with van der Waals surface area (Å²) in [5.74, 6) is -6.70. The van der Waals surface area contributed by atoms with Crippen LogP contribution in [0.4, 0.5) is 0 Å². The van der Waals surface area contributed by atoms with E-state index in [0.717, 1.165) is 10.5 Å². The van der Waals surface area contributed by atoms with Crippen molar-refractivity contribution in [3.63, 3.8) is 0 Å². The van der Waals surface area contributed by atoms with Gasteiger partial charge in [0.15, 0.2) is 0 Å². The summed E-state index contributed by atoms with van der Waals surface area (Å²) >= 11 is 0. The van der Waals surface area contributed by atoms with Gasteiger partial charge in [-0.1, -0.05) is 56.3 Å². The molecule has 1 heterocycles. The van der Waals surface area contributed by atoms with Crippen molar-refractivity contribution in [2.24, 2.45) is 17.8 Å². The Bertz CT molecular complexity index is 1440. The van der Waals surface area contributed by atoms with Gasteiger partial charge in [0.05, 0.1) is 33.1 Å². The van der Waals surface area contributed by atoms with Crippen LogP contribution in [0.2, 0.25) is 0 Å². The Morgan fingerprint density at radius 2 is 1.44 bits per heavy atom. The minimum Gasteiger partial charge on any atom is -0.748 e. The van der Waals surface area contributed by atoms with Crippen LogP contribution in [0.1, 0.15) is 59.4 Å². The standard InChI is InChI=1S/C30H38N4O9S.Na/c1-19(2)16-23(24(27(36)33-40)18-34-29(38)21-12-6-7-13-22(21)30(34)39)26(35)32-25(17-20-10-4-3-5-11-20)28(37)31-14-8-9-15-44(41,42)43;/h3-7,10-13,19,23-25,40H,8-9,14-18H2,1-2H3,(H,31,37)(H,32,35)(H,33,36)(H,41,42,43);/q;+1/p-1/t23-,24?,25+;/m1./s1. The molecule has 4 N–H and O–H groups in total. The van der Waals surface area contributed by atoms with Crippen LogP contribution in [0.3, 0.4) is 0 Å². The molecule has 13 nitrogen and oxygen atoms in total. The first-order valence-corrected chi connectivity index (χ1v) is 15.8. The fourth-order valence-electron chi connectivity index (χ4n) is 5.12. The molecule has 2 aromatic carbocycles. The second kappa shape index (κ2) is 17.5. The number of rotatable bonds is 16. The molecule has 1 unspecified atom stereocenters. The summed E-state index contributed by atoms with van der Waals surface area (Å²) in [5.41, 5.74) is 2.61. The number of nitrogens with one attached hydrogen (secondary N) is 3. The molecule has 238 valence electrons. The molecule has 5 amide bonds. The molecule has 0 spiro atoms. The number of carbonyl (C=O) groups is 5. The van der Waals surface area contributed by atoms with Gasteiger partial charge in [-0.25, -0.2) is 13.9 Å². The summed E-state index contributed by atoms with van der Waals surface area (Å²) in [6.45, 7) is 3.20. The van der Waals surface area contributed by atoms with Crippen LogP contribution in [0.5, 0.6) is 0 Å². The molecule has 1 aliphatic heterocycles. The van der Waals surface area contributed by atoms with E-state index in [-0.39, 0.29) is 78.8 Å². The first kappa shape index (κ1) is 38.0. The molecule has 3 rings (SSSR count). The maximum atomic E-state index is 13.8. The summed E-state index contributed by atoms with van der Waals surface area (Å²) in [4.78, 5) is 67.0. The zero-order valence-corrected chi connectivity index (χ0v) is 28.3. The number of unbranched alkanes of at least 4 members (excludes halogenated alkanes) is 1. The van der Waals surface area contributed by atoms with Gasteiger partial charge in [0.2, 0.25) is 17.7 Å². The summed E-state index contributed by atoms with van der Waals surface area (Å²) in [6.07, 6.45) is 0.468. The molecule has 0 bridgehead atoms. The van der Waals surface area contributed by atoms with E-state index in [0.29, 0.717) is 0 Å². The summed E-state index contributed by atoms with van der Waals surface area (Å²) in [5, 5.41) is 14.9. The Balaban J connectivity index is 0.00000705. The van der Waals surface area contributed by atoms with Gasteiger partial charge in [-0.3, -0.25) is 34.1 Å². The van der Waals surface area contributed by atoms with Crippen LogP contribution < -0.4 is 45.7 Å². The Kier molecular flexibility index (Phi) is 14.8. The monoisotopic (exact) mass is 652 g/mol. The van der Waals surface area contributed by atoms with Gasteiger partial charge in [0.25, 0.3) is 11.8 Å². The normalized spacial score (nSPS) is 14.6. The quantitative estimate of drug-likeness (QED) is 0.0405. The van der Waals surface area contributed by atoms with Gasteiger partial charge in [-0.15, -0.1) is 0 Å². The predicted molar refractivity (Wildman–Crippen MR) is 157 cm³/mol. The zero-order valence-electron chi connectivity index (χ0n) is 25.5. The first-order chi connectivity index (χ1) is 20.8. The maximum absolute atomic E-state index is 13.8. The number of amides is 5. The third kappa shape index (κ3) is 11.0. The van der Waals surface area contributed by atoms with E-state index >= 15 is 0 Å². The van der Waals surface area contributed by atoms with Crippen molar-refractivity contribution in [2.45, 2.75) is 45.6 Å². The molecule has 0 aromatic heterocycles. The van der Waals surface area contributed by atoms with E-state index in [9.17, 15) is 42.2 Å². The number of carbonyl (C=O) groups excluding carboxylic acids is 5. The van der Waals surface area contributed by atoms with Crippen LogP contribution in [0.15, 0.2) is 54.6 Å². The molecule has 0 saturated heterocycles. The number of nitrogens with zero attached hydrogens (tertiary/aromatic N) is 1. The third-order valence-electron chi connectivity index (χ3n) is 7.29. The van der Waals surface area contributed by atoms with Crippen LogP contribution in [0, 0.1) is 17.8 Å².